The van der Waals surface area contributed by atoms with Crippen LogP contribution >= 0.6 is 11.3 Å². The van der Waals surface area contributed by atoms with Gasteiger partial charge >= 0.3 is 0 Å². The Morgan fingerprint density at radius 3 is 2.24 bits per heavy atom. The van der Waals surface area contributed by atoms with E-state index in [4.69, 9.17) is 15.7 Å². The molecule has 3 aliphatic heterocycles. The molecule has 10 rings (SSSR count). The van der Waals surface area contributed by atoms with Crippen molar-refractivity contribution in [3.63, 3.8) is 0 Å². The molecule has 3 aromatic heterocycles. The Morgan fingerprint density at radius 2 is 1.58 bits per heavy atom. The number of amides is 3. The molecular formula is C53H66N12O5S. The van der Waals surface area contributed by atoms with Crippen LogP contribution in [0.25, 0.3) is 21.7 Å². The van der Waals surface area contributed by atoms with Gasteiger partial charge in [-0.25, -0.2) is 15.0 Å². The lowest BCUT2D eigenvalue weighted by molar-refractivity contribution is -0.150. The molecule has 3 amide bonds. The third-order valence-electron chi connectivity index (χ3n) is 15.8. The van der Waals surface area contributed by atoms with Gasteiger partial charge in [0.25, 0.3) is 0 Å². The summed E-state index contributed by atoms with van der Waals surface area (Å²) in [4.78, 5) is 65.3. The Balaban J connectivity index is 0.659. The molecule has 6 heterocycles. The van der Waals surface area contributed by atoms with Crippen LogP contribution in [0.2, 0.25) is 0 Å². The van der Waals surface area contributed by atoms with Crippen molar-refractivity contribution < 1.29 is 24.6 Å². The van der Waals surface area contributed by atoms with E-state index < -0.39 is 23.6 Å². The number of carbonyl (C=O) groups is 3. The van der Waals surface area contributed by atoms with Gasteiger partial charge in [0.15, 0.2) is 5.82 Å². The summed E-state index contributed by atoms with van der Waals surface area (Å²) >= 11 is 1.59. The highest BCUT2D eigenvalue weighted by Gasteiger charge is 2.57. The SMILES string of the molecule is Cc1ncsc1-c1ccc(CNC(=O)[C@@H]2C[C@@H](O)CN2C(=O)[C@@H](NC(=O)C2CC3(C2)CC(N2CCC(c4cnc(N5CCN(c6cc(-c7ccccc7O)nnc6N)CC5)nc4)CC2)C3)C(C)(C)C)cc1. The summed E-state index contributed by atoms with van der Waals surface area (Å²) < 4.78 is 0. The molecule has 0 bridgehead atoms. The molecule has 3 atom stereocenters. The van der Waals surface area contributed by atoms with Crippen molar-refractivity contribution in [2.45, 2.75) is 109 Å². The Morgan fingerprint density at radius 1 is 0.887 bits per heavy atom. The number of piperidine rings is 1. The fourth-order valence-electron chi connectivity index (χ4n) is 11.7. The van der Waals surface area contributed by atoms with Crippen molar-refractivity contribution in [3.8, 4) is 27.4 Å². The van der Waals surface area contributed by atoms with Gasteiger partial charge in [0.1, 0.15) is 17.8 Å². The number of aromatic nitrogens is 5. The molecule has 0 radical (unpaired) electrons. The topological polar surface area (TPSA) is 219 Å². The molecule has 2 aromatic carbocycles. The smallest absolute Gasteiger partial charge is 0.246 e. The molecular weight excluding hydrogens is 917 g/mol. The normalized spacial score (nSPS) is 24.3. The molecule has 18 heteroatoms. The first-order valence-electron chi connectivity index (χ1n) is 25.1. The van der Waals surface area contributed by atoms with Crippen LogP contribution in [-0.4, -0.2) is 133 Å². The summed E-state index contributed by atoms with van der Waals surface area (Å²) in [5.41, 5.74) is 13.8. The van der Waals surface area contributed by atoms with Crippen LogP contribution in [-0.2, 0) is 20.9 Å². The van der Waals surface area contributed by atoms with Gasteiger partial charge in [0, 0.05) is 75.6 Å². The largest absolute Gasteiger partial charge is 0.507 e. The number of carbonyl (C=O) groups excluding carboxylic acids is 3. The predicted octanol–water partition coefficient (Wildman–Crippen LogP) is 5.53. The van der Waals surface area contributed by atoms with Gasteiger partial charge in [-0.2, -0.15) is 0 Å². The Kier molecular flexibility index (Phi) is 13.5. The highest BCUT2D eigenvalue weighted by atomic mass is 32.1. The third kappa shape index (κ3) is 10.2. The van der Waals surface area contributed by atoms with Crippen LogP contribution in [0.3, 0.4) is 0 Å². The van der Waals surface area contributed by atoms with Crippen molar-refractivity contribution in [1.82, 2.24) is 45.6 Å². The molecule has 1 spiro atoms. The number of anilines is 3. The van der Waals surface area contributed by atoms with Gasteiger partial charge < -0.3 is 46.2 Å². The summed E-state index contributed by atoms with van der Waals surface area (Å²) in [6.07, 6.45) is 9.27. The maximum absolute atomic E-state index is 14.3. The van der Waals surface area contributed by atoms with Crippen molar-refractivity contribution in [2.75, 3.05) is 61.3 Å². The van der Waals surface area contributed by atoms with Crippen LogP contribution < -0.4 is 26.2 Å². The molecule has 2 saturated carbocycles. The fourth-order valence-corrected chi connectivity index (χ4v) is 12.5. The fraction of sp³-hybridized carbons (Fsp3) is 0.509. The standard InChI is InChI=1S/C53H66N12O5S/c1-32-45(71-31-58-32)35-11-9-33(10-12-35)27-55-49(69)43-21-39(66)30-65(43)50(70)46(52(2,3)4)59-48(68)36-23-53(24-36)25-38(26-53)62-15-13-34(14-16-62)37-28-56-51(57-29-37)64-19-17-63(18-20-64)42-22-41(60-61-47(42)54)40-7-5-6-8-44(40)67/h5-12,22,28-29,31,34,36,38-39,43,46,66-67H,13-21,23-27,30H2,1-4H3,(H2,54,61)(H,55,69)(H,59,68)/t36?,38?,39-,43+,46-,53?/m1/s1. The van der Waals surface area contributed by atoms with E-state index in [1.54, 1.807) is 23.5 Å². The first-order chi connectivity index (χ1) is 34.1. The number of β-amino-alcohol motifs (C(OH)–C–C–N with tert-alkyl or cyclic N) is 1. The number of aliphatic hydroxyl groups is 1. The van der Waals surface area contributed by atoms with E-state index in [2.05, 4.69) is 40.5 Å². The molecule has 71 heavy (non-hydrogen) atoms. The van der Waals surface area contributed by atoms with Crippen LogP contribution in [0, 0.1) is 23.7 Å². The van der Waals surface area contributed by atoms with E-state index >= 15 is 0 Å². The van der Waals surface area contributed by atoms with E-state index in [1.807, 2.05) is 88.1 Å². The van der Waals surface area contributed by atoms with Crippen LogP contribution in [0.4, 0.5) is 17.5 Å². The number of phenols is 1. The zero-order valence-corrected chi connectivity index (χ0v) is 41.9. The number of aliphatic hydroxyl groups excluding tert-OH is 1. The molecule has 6 N–H and O–H groups in total. The summed E-state index contributed by atoms with van der Waals surface area (Å²) in [7, 11) is 0. The van der Waals surface area contributed by atoms with Crippen LogP contribution in [0.15, 0.2) is 72.5 Å². The highest BCUT2D eigenvalue weighted by molar-refractivity contribution is 7.13. The van der Waals surface area contributed by atoms with E-state index in [0.29, 0.717) is 35.6 Å². The highest BCUT2D eigenvalue weighted by Crippen LogP contribution is 2.60. The Labute approximate surface area is 419 Å². The lowest BCUT2D eigenvalue weighted by atomic mass is 9.49. The summed E-state index contributed by atoms with van der Waals surface area (Å²) in [5, 5.41) is 35.6. The molecule has 5 fully saturated rings. The number of likely N-dealkylation sites (tertiary alicyclic amines) is 2. The number of nitrogens with one attached hydrogen (secondary N) is 2. The number of rotatable bonds is 12. The quantitative estimate of drug-likeness (QED) is 0.104. The first kappa shape index (κ1) is 48.4. The van der Waals surface area contributed by atoms with Crippen molar-refractivity contribution in [2.24, 2.45) is 16.7 Å². The second-order valence-corrected chi connectivity index (χ2v) is 22.5. The van der Waals surface area contributed by atoms with E-state index in [9.17, 15) is 24.6 Å². The molecule has 17 nitrogen and oxygen atoms in total. The van der Waals surface area contributed by atoms with Crippen molar-refractivity contribution in [3.05, 3.63) is 89.3 Å². The molecule has 0 unspecified atom stereocenters. The molecule has 5 aromatic rings. The van der Waals surface area contributed by atoms with Crippen LogP contribution in [0.5, 0.6) is 5.75 Å². The van der Waals surface area contributed by atoms with Gasteiger partial charge in [-0.1, -0.05) is 57.2 Å². The lowest BCUT2D eigenvalue weighted by Gasteiger charge is -2.60. The Bertz CT molecular complexity index is 2720. The number of piperazine rings is 1. The average Bonchev–Trinajstić information content (AvgIpc) is 3.97. The number of para-hydroxylation sites is 1. The minimum atomic E-state index is -0.841. The third-order valence-corrected chi connectivity index (χ3v) is 16.8. The summed E-state index contributed by atoms with van der Waals surface area (Å²) in [6, 6.07) is 15.8. The monoisotopic (exact) mass is 982 g/mol. The van der Waals surface area contributed by atoms with Gasteiger partial charge in [-0.3, -0.25) is 14.4 Å². The number of nitrogen functional groups attached to an aromatic ring is 1. The zero-order valence-electron chi connectivity index (χ0n) is 41.1. The molecule has 2 aliphatic carbocycles. The van der Waals surface area contributed by atoms with E-state index in [1.165, 1.54) is 10.5 Å². The van der Waals surface area contributed by atoms with Gasteiger partial charge in [-0.05, 0) is 110 Å². The maximum atomic E-state index is 14.3. The lowest BCUT2D eigenvalue weighted by Crippen LogP contribution is -2.62. The number of hydrogen-bond acceptors (Lipinski definition) is 15. The maximum Gasteiger partial charge on any atom is 0.246 e. The van der Waals surface area contributed by atoms with Crippen molar-refractivity contribution >= 4 is 46.5 Å². The number of aromatic hydroxyl groups is 1. The predicted molar refractivity (Wildman–Crippen MR) is 273 cm³/mol. The average molecular weight is 983 g/mol. The second-order valence-electron chi connectivity index (χ2n) is 21.7. The number of phenolic OH excluding ortho intramolecular Hbond substituents is 1. The number of nitrogens with two attached hydrogens (primary N) is 1. The zero-order chi connectivity index (χ0) is 49.6. The van der Waals surface area contributed by atoms with Gasteiger partial charge in [0.05, 0.1) is 33.6 Å². The first-order valence-corrected chi connectivity index (χ1v) is 26.0. The number of aryl methyl sites for hydroxylation is 1. The number of nitrogens with zero attached hydrogens (tertiary/aromatic N) is 9. The number of hydrogen-bond donors (Lipinski definition) is 5. The summed E-state index contributed by atoms with van der Waals surface area (Å²) in [5.74, 6) is 0.743. The minimum absolute atomic E-state index is 0.0430. The molecule has 5 aliphatic rings. The number of benzene rings is 2. The van der Waals surface area contributed by atoms with Crippen LogP contribution in [0.1, 0.15) is 88.5 Å². The molecule has 374 valence electrons. The Hall–Kier alpha value is -6.24. The van der Waals surface area contributed by atoms with E-state index in [0.717, 1.165) is 111 Å². The second kappa shape index (κ2) is 19.8. The minimum Gasteiger partial charge on any atom is -0.507 e. The summed E-state index contributed by atoms with van der Waals surface area (Å²) in [6.45, 7) is 13.1. The van der Waals surface area contributed by atoms with Crippen molar-refractivity contribution in [1.29, 1.82) is 0 Å². The molecule has 3 saturated heterocycles. The number of thiazole rings is 1. The van der Waals surface area contributed by atoms with Gasteiger partial charge in [0.2, 0.25) is 23.7 Å². The van der Waals surface area contributed by atoms with Gasteiger partial charge in [-0.15, -0.1) is 21.5 Å². The van der Waals surface area contributed by atoms with E-state index in [-0.39, 0.29) is 47.8 Å².